The van der Waals surface area contributed by atoms with E-state index in [1.54, 1.807) is 18.3 Å². The largest absolute Gasteiger partial charge is 0.279 e. The van der Waals surface area contributed by atoms with E-state index in [1.165, 1.54) is 0 Å². The van der Waals surface area contributed by atoms with Crippen LogP contribution < -0.4 is 0 Å². The maximum Gasteiger partial charge on any atom is 0.156 e. The third-order valence-corrected chi connectivity index (χ3v) is 2.85. The van der Waals surface area contributed by atoms with E-state index in [9.17, 15) is 0 Å². The van der Waals surface area contributed by atoms with Crippen LogP contribution in [-0.2, 0) is 0 Å². The van der Waals surface area contributed by atoms with Gasteiger partial charge in [0, 0.05) is 6.20 Å². The van der Waals surface area contributed by atoms with E-state index >= 15 is 0 Å². The summed E-state index contributed by atoms with van der Waals surface area (Å²) >= 11 is 0. The molecule has 86 valence electrons. The van der Waals surface area contributed by atoms with Crippen LogP contribution in [0.2, 0.25) is 0 Å². The highest BCUT2D eigenvalue weighted by atomic mass is 15.1. The number of pyridine rings is 1. The Hall–Kier alpha value is -2.67. The maximum absolute atomic E-state index is 9.16. The van der Waals surface area contributed by atoms with Crippen molar-refractivity contribution in [2.75, 3.05) is 0 Å². The van der Waals surface area contributed by atoms with Crippen LogP contribution in [0.4, 0.5) is 0 Å². The number of nitriles is 1. The van der Waals surface area contributed by atoms with Gasteiger partial charge in [-0.05, 0) is 31.2 Å². The van der Waals surface area contributed by atoms with E-state index in [2.05, 4.69) is 16.0 Å². The highest BCUT2D eigenvalue weighted by Crippen LogP contribution is 2.21. The molecule has 0 saturated heterocycles. The number of hydrogen-bond acceptors (Lipinski definition) is 3. The van der Waals surface area contributed by atoms with Gasteiger partial charge in [-0.25, -0.2) is 9.97 Å². The zero-order valence-corrected chi connectivity index (χ0v) is 9.83. The van der Waals surface area contributed by atoms with Crippen LogP contribution in [0.25, 0.3) is 16.9 Å². The van der Waals surface area contributed by atoms with E-state index in [1.807, 2.05) is 35.8 Å². The van der Waals surface area contributed by atoms with Crippen molar-refractivity contribution in [1.82, 2.24) is 14.5 Å². The molecule has 0 N–H and O–H groups in total. The Labute approximate surface area is 104 Å². The van der Waals surface area contributed by atoms with Crippen molar-refractivity contribution in [2.24, 2.45) is 0 Å². The Morgan fingerprint density at radius 3 is 2.83 bits per heavy atom. The van der Waals surface area contributed by atoms with Gasteiger partial charge in [0.15, 0.2) is 5.82 Å². The van der Waals surface area contributed by atoms with Gasteiger partial charge in [0.1, 0.15) is 11.9 Å². The lowest BCUT2D eigenvalue weighted by molar-refractivity contribution is 0.952. The highest BCUT2D eigenvalue weighted by molar-refractivity contribution is 5.78. The molecular weight excluding hydrogens is 224 g/mol. The zero-order chi connectivity index (χ0) is 12.5. The summed E-state index contributed by atoms with van der Waals surface area (Å²) in [6.45, 7) is 1.91. The number of hydrogen-bond donors (Lipinski definition) is 0. The van der Waals surface area contributed by atoms with Crippen LogP contribution in [0.3, 0.4) is 0 Å². The molecule has 3 aromatic rings. The zero-order valence-electron chi connectivity index (χ0n) is 9.83. The smallest absolute Gasteiger partial charge is 0.156 e. The first-order valence-electron chi connectivity index (χ1n) is 5.61. The summed E-state index contributed by atoms with van der Waals surface area (Å²) in [6, 6.07) is 13.5. The van der Waals surface area contributed by atoms with Crippen molar-refractivity contribution >= 4 is 11.0 Å². The Morgan fingerprint density at radius 1 is 1.17 bits per heavy atom. The fourth-order valence-corrected chi connectivity index (χ4v) is 2.08. The van der Waals surface area contributed by atoms with Gasteiger partial charge < -0.3 is 0 Å². The van der Waals surface area contributed by atoms with E-state index in [0.717, 1.165) is 16.9 Å². The Balaban J connectivity index is 2.39. The second-order valence-corrected chi connectivity index (χ2v) is 3.97. The van der Waals surface area contributed by atoms with Crippen LogP contribution in [0.5, 0.6) is 0 Å². The number of benzene rings is 1. The number of fused-ring (bicyclic) bond motifs is 1. The van der Waals surface area contributed by atoms with Crippen molar-refractivity contribution in [1.29, 1.82) is 5.26 Å². The number of aromatic nitrogens is 3. The molecule has 0 aliphatic carbocycles. The summed E-state index contributed by atoms with van der Waals surface area (Å²) in [6.07, 6.45) is 1.68. The molecule has 0 unspecified atom stereocenters. The van der Waals surface area contributed by atoms with E-state index in [4.69, 9.17) is 5.26 Å². The van der Waals surface area contributed by atoms with Gasteiger partial charge in [0.2, 0.25) is 0 Å². The molecule has 0 aliphatic heterocycles. The average Bonchev–Trinajstić information content (AvgIpc) is 2.74. The van der Waals surface area contributed by atoms with E-state index < -0.39 is 0 Å². The average molecular weight is 234 g/mol. The number of para-hydroxylation sites is 2. The molecule has 4 heteroatoms. The SMILES string of the molecule is Cc1nc2ccccc2n1-c1ncccc1C#N. The quantitative estimate of drug-likeness (QED) is 0.650. The van der Waals surface area contributed by atoms with E-state index in [0.29, 0.717) is 11.4 Å². The predicted octanol–water partition coefficient (Wildman–Crippen LogP) is 2.60. The lowest BCUT2D eigenvalue weighted by Crippen LogP contribution is -2.02. The minimum Gasteiger partial charge on any atom is -0.279 e. The highest BCUT2D eigenvalue weighted by Gasteiger charge is 2.12. The van der Waals surface area contributed by atoms with Crippen molar-refractivity contribution < 1.29 is 0 Å². The minimum absolute atomic E-state index is 0.545. The second kappa shape index (κ2) is 3.97. The lowest BCUT2D eigenvalue weighted by Gasteiger charge is -2.06. The molecule has 0 saturated carbocycles. The van der Waals surface area contributed by atoms with Crippen LogP contribution in [0.1, 0.15) is 11.4 Å². The number of imidazole rings is 1. The number of aryl methyl sites for hydroxylation is 1. The van der Waals surface area contributed by atoms with E-state index in [-0.39, 0.29) is 0 Å². The van der Waals surface area contributed by atoms with Gasteiger partial charge in [-0.15, -0.1) is 0 Å². The molecule has 1 aromatic carbocycles. The molecule has 0 radical (unpaired) electrons. The molecule has 0 aliphatic rings. The summed E-state index contributed by atoms with van der Waals surface area (Å²) in [5, 5.41) is 9.16. The summed E-state index contributed by atoms with van der Waals surface area (Å²) in [5.41, 5.74) is 2.42. The van der Waals surface area contributed by atoms with Crippen molar-refractivity contribution in [3.05, 3.63) is 54.0 Å². The molecule has 0 bridgehead atoms. The van der Waals surface area contributed by atoms with Crippen molar-refractivity contribution in [3.63, 3.8) is 0 Å². The number of nitrogens with zero attached hydrogens (tertiary/aromatic N) is 4. The first kappa shape index (κ1) is 10.5. The molecule has 0 atom stereocenters. The molecular formula is C14H10N4. The molecule has 0 fully saturated rings. The molecule has 2 heterocycles. The van der Waals surface area contributed by atoms with Gasteiger partial charge >= 0.3 is 0 Å². The van der Waals surface area contributed by atoms with Crippen LogP contribution >= 0.6 is 0 Å². The molecule has 18 heavy (non-hydrogen) atoms. The Bertz CT molecular complexity index is 765. The molecule has 4 nitrogen and oxygen atoms in total. The molecule has 3 rings (SSSR count). The van der Waals surface area contributed by atoms with Gasteiger partial charge in [-0.3, -0.25) is 4.57 Å². The third kappa shape index (κ3) is 1.45. The lowest BCUT2D eigenvalue weighted by atomic mass is 10.2. The van der Waals surface area contributed by atoms with Crippen LogP contribution in [-0.4, -0.2) is 14.5 Å². The summed E-state index contributed by atoms with van der Waals surface area (Å²) in [7, 11) is 0. The van der Waals surface area contributed by atoms with Crippen molar-refractivity contribution in [3.8, 4) is 11.9 Å². The predicted molar refractivity (Wildman–Crippen MR) is 68.3 cm³/mol. The first-order chi connectivity index (χ1) is 8.81. The monoisotopic (exact) mass is 234 g/mol. The molecule has 2 aromatic heterocycles. The summed E-state index contributed by atoms with van der Waals surface area (Å²) in [4.78, 5) is 8.78. The second-order valence-electron chi connectivity index (χ2n) is 3.97. The standard InChI is InChI=1S/C14H10N4/c1-10-17-12-6-2-3-7-13(12)18(10)14-11(9-15)5-4-8-16-14/h2-8H,1H3. The molecule has 0 amide bonds. The van der Waals surface area contributed by atoms with Crippen LogP contribution in [0.15, 0.2) is 42.6 Å². The Morgan fingerprint density at radius 2 is 2.00 bits per heavy atom. The fourth-order valence-electron chi connectivity index (χ4n) is 2.08. The topological polar surface area (TPSA) is 54.5 Å². The maximum atomic E-state index is 9.16. The first-order valence-corrected chi connectivity index (χ1v) is 5.61. The summed E-state index contributed by atoms with van der Waals surface area (Å²) in [5.74, 6) is 1.46. The van der Waals surface area contributed by atoms with Crippen LogP contribution in [0, 0.1) is 18.3 Å². The van der Waals surface area contributed by atoms with Crippen molar-refractivity contribution in [2.45, 2.75) is 6.92 Å². The normalized spacial score (nSPS) is 10.4. The van der Waals surface area contributed by atoms with Gasteiger partial charge in [-0.2, -0.15) is 5.26 Å². The third-order valence-electron chi connectivity index (χ3n) is 2.85. The van der Waals surface area contributed by atoms with Gasteiger partial charge in [0.05, 0.1) is 16.6 Å². The van der Waals surface area contributed by atoms with Gasteiger partial charge in [0.25, 0.3) is 0 Å². The fraction of sp³-hybridized carbons (Fsp3) is 0.0714. The minimum atomic E-state index is 0.545. The van der Waals surface area contributed by atoms with Gasteiger partial charge in [-0.1, -0.05) is 12.1 Å². The summed E-state index contributed by atoms with van der Waals surface area (Å²) < 4.78 is 1.91. The molecule has 0 spiro atoms. The number of rotatable bonds is 1. The Kier molecular flexibility index (Phi) is 2.31.